The average molecular weight is 437 g/mol. The first kappa shape index (κ1) is 20.9. The summed E-state index contributed by atoms with van der Waals surface area (Å²) in [5.41, 5.74) is 5.11. The normalized spacial score (nSPS) is 13.2. The number of halogens is 2. The second-order valence-electron chi connectivity index (χ2n) is 6.78. The summed E-state index contributed by atoms with van der Waals surface area (Å²) in [5, 5.41) is 3.57. The number of hydrogen-bond donors (Lipinski definition) is 1. The molecule has 1 aliphatic rings. The number of nitrogens with one attached hydrogen (secondary N) is 1. The highest BCUT2D eigenvalue weighted by Gasteiger charge is 2.28. The minimum absolute atomic E-state index is 0. The van der Waals surface area contributed by atoms with Crippen LogP contribution in [0.5, 0.6) is 0 Å². The van der Waals surface area contributed by atoms with E-state index in [1.54, 1.807) is 24.4 Å². The number of benzene rings is 2. The van der Waals surface area contributed by atoms with Crippen LogP contribution in [0.15, 0.2) is 59.6 Å². The highest BCUT2D eigenvalue weighted by atomic mass is 35.5. The zero-order chi connectivity index (χ0) is 19.0. The minimum atomic E-state index is -3.75. The van der Waals surface area contributed by atoms with Crippen LogP contribution in [0.2, 0.25) is 5.02 Å². The molecule has 148 valence electrons. The van der Waals surface area contributed by atoms with Gasteiger partial charge in [0.05, 0.1) is 10.6 Å². The molecule has 28 heavy (non-hydrogen) atoms. The number of rotatable bonds is 4. The topological polar surface area (TPSA) is 51.1 Å². The van der Waals surface area contributed by atoms with Crippen LogP contribution in [0.4, 0.5) is 0 Å². The van der Waals surface area contributed by atoms with Crippen molar-refractivity contribution in [1.29, 1.82) is 0 Å². The largest absolute Gasteiger partial charge is 0.316 e. The summed E-state index contributed by atoms with van der Waals surface area (Å²) in [7, 11) is -1.88. The zero-order valence-electron chi connectivity index (χ0n) is 15.5. The van der Waals surface area contributed by atoms with E-state index in [-0.39, 0.29) is 17.3 Å². The Balaban J connectivity index is 0.00000225. The van der Waals surface area contributed by atoms with Crippen LogP contribution in [-0.4, -0.2) is 19.4 Å². The van der Waals surface area contributed by atoms with Gasteiger partial charge in [0.1, 0.15) is 0 Å². The van der Waals surface area contributed by atoms with Crippen molar-refractivity contribution < 1.29 is 8.42 Å². The molecule has 1 heterocycles. The molecule has 1 aliphatic carbocycles. The Kier molecular flexibility index (Phi) is 6.20. The van der Waals surface area contributed by atoms with Crippen molar-refractivity contribution in [2.24, 2.45) is 0 Å². The first-order valence-corrected chi connectivity index (χ1v) is 10.8. The van der Waals surface area contributed by atoms with E-state index in [0.29, 0.717) is 11.6 Å². The highest BCUT2D eigenvalue weighted by molar-refractivity contribution is 7.90. The van der Waals surface area contributed by atoms with Crippen molar-refractivity contribution >= 4 is 34.0 Å². The predicted octanol–water partition coefficient (Wildman–Crippen LogP) is 4.68. The molecule has 4 rings (SSSR count). The molecule has 0 radical (unpaired) electrons. The van der Waals surface area contributed by atoms with Gasteiger partial charge in [-0.15, -0.1) is 12.4 Å². The molecule has 0 unspecified atom stereocenters. The Morgan fingerprint density at radius 2 is 1.89 bits per heavy atom. The van der Waals surface area contributed by atoms with E-state index < -0.39 is 10.0 Å². The molecule has 2 aromatic carbocycles. The third kappa shape index (κ3) is 3.60. The van der Waals surface area contributed by atoms with Gasteiger partial charge >= 0.3 is 0 Å². The van der Waals surface area contributed by atoms with Crippen molar-refractivity contribution in [2.75, 3.05) is 7.05 Å². The van der Waals surface area contributed by atoms with Gasteiger partial charge < -0.3 is 5.32 Å². The number of aryl methyl sites for hydroxylation is 1. The summed E-state index contributed by atoms with van der Waals surface area (Å²) in [6, 6.07) is 14.5. The van der Waals surface area contributed by atoms with Gasteiger partial charge in [0.15, 0.2) is 0 Å². The maximum absolute atomic E-state index is 13.5. The lowest BCUT2D eigenvalue weighted by Gasteiger charge is -2.13. The molecule has 0 saturated carbocycles. The summed E-state index contributed by atoms with van der Waals surface area (Å²) in [5.74, 6) is 0. The molecule has 4 nitrogen and oxygen atoms in total. The van der Waals surface area contributed by atoms with Crippen molar-refractivity contribution in [1.82, 2.24) is 9.29 Å². The van der Waals surface area contributed by atoms with Crippen LogP contribution in [0.25, 0.3) is 11.3 Å². The SMILES string of the molecule is CNCc1cn(S(=O)(=O)c2cccc(Cl)c2)c2c1CCCc1ccccc1-2.Cl. The summed E-state index contributed by atoms with van der Waals surface area (Å²) in [6.07, 6.45) is 4.57. The summed E-state index contributed by atoms with van der Waals surface area (Å²) in [4.78, 5) is 0.200. The molecule has 0 amide bonds. The van der Waals surface area contributed by atoms with Crippen molar-refractivity contribution in [3.8, 4) is 11.3 Å². The summed E-state index contributed by atoms with van der Waals surface area (Å²) >= 11 is 6.06. The maximum atomic E-state index is 13.5. The molecule has 1 aromatic heterocycles. The molecular weight excluding hydrogens is 415 g/mol. The zero-order valence-corrected chi connectivity index (χ0v) is 17.9. The predicted molar refractivity (Wildman–Crippen MR) is 116 cm³/mol. The van der Waals surface area contributed by atoms with Gasteiger partial charge in [0.25, 0.3) is 10.0 Å². The fourth-order valence-corrected chi connectivity index (χ4v) is 5.55. The van der Waals surface area contributed by atoms with Crippen LogP contribution < -0.4 is 5.32 Å². The Labute approximate surface area is 177 Å². The molecule has 0 atom stereocenters. The maximum Gasteiger partial charge on any atom is 0.268 e. The third-order valence-corrected chi connectivity index (χ3v) is 6.92. The van der Waals surface area contributed by atoms with Crippen LogP contribution in [0, 0.1) is 0 Å². The average Bonchev–Trinajstić information content (AvgIpc) is 2.90. The van der Waals surface area contributed by atoms with E-state index in [1.807, 2.05) is 25.2 Å². The van der Waals surface area contributed by atoms with E-state index in [2.05, 4.69) is 11.4 Å². The van der Waals surface area contributed by atoms with E-state index in [0.717, 1.165) is 41.6 Å². The standard InChI is InChI=1S/C21H21ClN2O2S.ClH/c1-23-13-16-14-24(27(25,26)18-9-5-8-17(22)12-18)21-19-10-3-2-6-15(19)7-4-11-20(16)21;/h2-3,5-6,8-10,12,14,23H,4,7,11,13H2,1H3;1H. The third-order valence-electron chi connectivity index (χ3n) is 5.03. The molecule has 0 fully saturated rings. The molecule has 0 aliphatic heterocycles. The van der Waals surface area contributed by atoms with Crippen LogP contribution in [0.1, 0.15) is 23.1 Å². The lowest BCUT2D eigenvalue weighted by atomic mass is 10.0. The van der Waals surface area contributed by atoms with E-state index >= 15 is 0 Å². The van der Waals surface area contributed by atoms with E-state index in [4.69, 9.17) is 11.6 Å². The molecule has 7 heteroatoms. The monoisotopic (exact) mass is 436 g/mol. The van der Waals surface area contributed by atoms with Crippen molar-refractivity contribution in [3.63, 3.8) is 0 Å². The molecule has 0 bridgehead atoms. The van der Waals surface area contributed by atoms with Gasteiger partial charge in [0, 0.05) is 23.3 Å². The van der Waals surface area contributed by atoms with Gasteiger partial charge in [-0.25, -0.2) is 12.4 Å². The summed E-state index contributed by atoms with van der Waals surface area (Å²) in [6.45, 7) is 0.628. The highest BCUT2D eigenvalue weighted by Crippen LogP contribution is 2.37. The fraction of sp³-hybridized carbons (Fsp3) is 0.238. The Bertz CT molecular complexity index is 1110. The van der Waals surface area contributed by atoms with Crippen LogP contribution in [-0.2, 0) is 29.4 Å². The minimum Gasteiger partial charge on any atom is -0.316 e. The summed E-state index contributed by atoms with van der Waals surface area (Å²) < 4.78 is 28.4. The lowest BCUT2D eigenvalue weighted by Crippen LogP contribution is -2.14. The Morgan fingerprint density at radius 3 is 2.64 bits per heavy atom. The van der Waals surface area contributed by atoms with Gasteiger partial charge in [-0.05, 0) is 61.2 Å². The van der Waals surface area contributed by atoms with Gasteiger partial charge in [0.2, 0.25) is 0 Å². The fourth-order valence-electron chi connectivity index (χ4n) is 3.83. The van der Waals surface area contributed by atoms with Crippen LogP contribution >= 0.6 is 24.0 Å². The molecule has 0 saturated heterocycles. The van der Waals surface area contributed by atoms with E-state index in [1.165, 1.54) is 15.6 Å². The smallest absolute Gasteiger partial charge is 0.268 e. The number of fused-ring (bicyclic) bond motifs is 3. The number of aromatic nitrogens is 1. The first-order valence-electron chi connectivity index (χ1n) is 8.99. The lowest BCUT2D eigenvalue weighted by molar-refractivity contribution is 0.588. The Hall–Kier alpha value is -1.79. The van der Waals surface area contributed by atoms with Crippen molar-refractivity contribution in [3.05, 3.63) is 76.4 Å². The molecular formula is C21H22Cl2N2O2S. The van der Waals surface area contributed by atoms with E-state index in [9.17, 15) is 8.42 Å². The molecule has 3 aromatic rings. The quantitative estimate of drug-likeness (QED) is 0.645. The van der Waals surface area contributed by atoms with Crippen LogP contribution in [0.3, 0.4) is 0 Å². The second kappa shape index (κ2) is 8.29. The second-order valence-corrected chi connectivity index (χ2v) is 9.03. The van der Waals surface area contributed by atoms with Gasteiger partial charge in [-0.2, -0.15) is 0 Å². The number of hydrogen-bond acceptors (Lipinski definition) is 3. The first-order chi connectivity index (χ1) is 13.0. The Morgan fingerprint density at radius 1 is 1.11 bits per heavy atom. The molecule has 0 spiro atoms. The van der Waals surface area contributed by atoms with Gasteiger partial charge in [-0.3, -0.25) is 0 Å². The number of nitrogens with zero attached hydrogens (tertiary/aromatic N) is 1. The van der Waals surface area contributed by atoms with Gasteiger partial charge in [-0.1, -0.05) is 41.9 Å². The van der Waals surface area contributed by atoms with Crippen molar-refractivity contribution in [2.45, 2.75) is 30.7 Å². The molecule has 1 N–H and O–H groups in total.